The van der Waals surface area contributed by atoms with Gasteiger partial charge in [0.05, 0.1) is 0 Å². The summed E-state index contributed by atoms with van der Waals surface area (Å²) in [4.78, 5) is 0. The minimum absolute atomic E-state index is 0.165. The molecule has 0 unspecified atom stereocenters. The molecule has 7 heavy (non-hydrogen) atoms. The first-order chi connectivity index (χ1) is 3.35. The van der Waals surface area contributed by atoms with Crippen molar-refractivity contribution in [2.45, 2.75) is 32.5 Å². The monoisotopic (exact) mass is 129 g/mol. The second kappa shape index (κ2) is 4.59. The van der Waals surface area contributed by atoms with Crippen LogP contribution >= 0.6 is 0 Å². The first kappa shape index (κ1) is 7.43. The average Bonchev–Trinajstić information content (AvgIpc) is 1.72. The van der Waals surface area contributed by atoms with Gasteiger partial charge in [0, 0.05) is 17.4 Å². The van der Waals surface area contributed by atoms with Crippen LogP contribution in [0.25, 0.3) is 0 Å². The molecular weight excluding hydrogens is 116 g/mol. The van der Waals surface area contributed by atoms with E-state index in [4.69, 9.17) is 0 Å². The number of rotatable bonds is 3. The van der Waals surface area contributed by atoms with E-state index in [0.717, 1.165) is 0 Å². The largest absolute Gasteiger partial charge is 0.0756 e. The molecule has 0 aliphatic heterocycles. The maximum absolute atomic E-state index is 2.33. The molecule has 0 rings (SSSR count). The van der Waals surface area contributed by atoms with Gasteiger partial charge in [0.2, 0.25) is 0 Å². The molecule has 0 aromatic heterocycles. The van der Waals surface area contributed by atoms with Crippen molar-refractivity contribution in [3.63, 3.8) is 0 Å². The van der Waals surface area contributed by atoms with E-state index in [1.54, 1.807) is 0 Å². The summed E-state index contributed by atoms with van der Waals surface area (Å²) < 4.78 is 0. The Morgan fingerprint density at radius 1 is 1.29 bits per heavy atom. The molecule has 41 valence electrons. The first-order valence-electron chi connectivity index (χ1n) is 2.87. The molecule has 0 aliphatic rings. The van der Waals surface area contributed by atoms with Crippen LogP contribution < -0.4 is 0 Å². The Balaban J connectivity index is 2.99. The number of hydrogen-bond acceptors (Lipinski definition) is 0. The molecule has 0 aliphatic carbocycles. The molecule has 0 atom stereocenters. The predicted molar refractivity (Wildman–Crippen MR) is 38.3 cm³/mol. The van der Waals surface area contributed by atoms with Crippen molar-refractivity contribution in [1.29, 1.82) is 0 Å². The fraction of sp³-hybridized carbons (Fsp3) is 1.00. The third-order valence-corrected chi connectivity index (χ3v) is 7.86. The Bertz CT molecular complexity index is 27.6. The maximum Gasteiger partial charge on any atom is 0.0334 e. The van der Waals surface area contributed by atoms with Gasteiger partial charge < -0.3 is 0 Å². The fourth-order valence-corrected chi connectivity index (χ4v) is 3.93. The standard InChI is InChI=1S/C5H13Si2/c1-4-7(5-2)6-3/h4-5H2,1-3H3. The van der Waals surface area contributed by atoms with Crippen molar-refractivity contribution >= 4 is 17.4 Å². The molecule has 0 nitrogen and oxygen atoms in total. The first-order valence-corrected chi connectivity index (χ1v) is 7.29. The second-order valence-electron chi connectivity index (χ2n) is 1.56. The lowest BCUT2D eigenvalue weighted by atomic mass is 11.0. The van der Waals surface area contributed by atoms with Gasteiger partial charge in [0.25, 0.3) is 0 Å². The van der Waals surface area contributed by atoms with Gasteiger partial charge >= 0.3 is 0 Å². The van der Waals surface area contributed by atoms with Crippen LogP contribution in [0.5, 0.6) is 0 Å². The zero-order valence-electron chi connectivity index (χ0n) is 5.41. The molecule has 0 heterocycles. The summed E-state index contributed by atoms with van der Waals surface area (Å²) in [6.07, 6.45) is 0. The highest BCUT2D eigenvalue weighted by molar-refractivity contribution is 7.11. The van der Waals surface area contributed by atoms with Gasteiger partial charge in [-0.15, -0.1) is 0 Å². The van der Waals surface area contributed by atoms with Crippen molar-refractivity contribution in [1.82, 2.24) is 0 Å². The maximum atomic E-state index is 2.33. The molecular formula is C5H13Si2. The van der Waals surface area contributed by atoms with Crippen molar-refractivity contribution < 1.29 is 0 Å². The lowest BCUT2D eigenvalue weighted by Crippen LogP contribution is -2.15. The van der Waals surface area contributed by atoms with Gasteiger partial charge in [0.15, 0.2) is 0 Å². The van der Waals surface area contributed by atoms with Crippen molar-refractivity contribution in [2.75, 3.05) is 0 Å². The summed E-state index contributed by atoms with van der Waals surface area (Å²) in [5, 5.41) is 0. The topological polar surface area (TPSA) is 0 Å². The second-order valence-corrected chi connectivity index (χ2v) is 8.30. The highest BCUT2D eigenvalue weighted by atomic mass is 29.2. The van der Waals surface area contributed by atoms with Gasteiger partial charge in [-0.2, -0.15) is 0 Å². The number of hydrogen-bond donors (Lipinski definition) is 0. The quantitative estimate of drug-likeness (QED) is 0.510. The SMILES string of the molecule is CC[Si](CC)[Si]C. The summed E-state index contributed by atoms with van der Waals surface area (Å²) >= 11 is 0. The van der Waals surface area contributed by atoms with Gasteiger partial charge in [0.1, 0.15) is 0 Å². The molecule has 0 amide bonds. The molecule has 3 radical (unpaired) electrons. The molecule has 0 fully saturated rings. The van der Waals surface area contributed by atoms with Crippen LogP contribution in [0.1, 0.15) is 13.8 Å². The van der Waals surface area contributed by atoms with E-state index in [9.17, 15) is 0 Å². The van der Waals surface area contributed by atoms with Crippen LogP contribution in [0.4, 0.5) is 0 Å². The Kier molecular flexibility index (Phi) is 4.87. The van der Waals surface area contributed by atoms with E-state index in [1.807, 2.05) is 0 Å². The third-order valence-electron chi connectivity index (χ3n) is 1.21. The third kappa shape index (κ3) is 3.06. The lowest BCUT2D eigenvalue weighted by molar-refractivity contribution is 1.35. The minimum Gasteiger partial charge on any atom is -0.0756 e. The lowest BCUT2D eigenvalue weighted by Gasteiger charge is -2.01. The van der Waals surface area contributed by atoms with Crippen LogP contribution in [-0.4, -0.2) is 17.4 Å². The average molecular weight is 129 g/mol. The van der Waals surface area contributed by atoms with E-state index in [0.29, 0.717) is 0 Å². The Morgan fingerprint density at radius 2 is 1.71 bits per heavy atom. The Hall–Kier alpha value is 0.434. The van der Waals surface area contributed by atoms with Crippen molar-refractivity contribution in [2.24, 2.45) is 0 Å². The van der Waals surface area contributed by atoms with Gasteiger partial charge in [-0.05, 0) is 0 Å². The van der Waals surface area contributed by atoms with Gasteiger partial charge in [-0.3, -0.25) is 0 Å². The van der Waals surface area contributed by atoms with E-state index in [2.05, 4.69) is 20.4 Å². The summed E-state index contributed by atoms with van der Waals surface area (Å²) in [5.41, 5.74) is 0. The Morgan fingerprint density at radius 3 is 1.71 bits per heavy atom. The molecule has 0 aromatic rings. The van der Waals surface area contributed by atoms with Gasteiger partial charge in [-0.25, -0.2) is 0 Å². The Labute approximate surface area is 50.5 Å². The highest BCUT2D eigenvalue weighted by Gasteiger charge is 1.99. The predicted octanol–water partition coefficient (Wildman–Crippen LogP) is 1.77. The van der Waals surface area contributed by atoms with Crippen LogP contribution in [0.3, 0.4) is 0 Å². The summed E-state index contributed by atoms with van der Waals surface area (Å²) in [5.74, 6) is 0. The summed E-state index contributed by atoms with van der Waals surface area (Å²) in [6.45, 7) is 6.96. The smallest absolute Gasteiger partial charge is 0.0334 e. The molecule has 0 saturated heterocycles. The summed E-state index contributed by atoms with van der Waals surface area (Å²) in [7, 11) is 1.42. The summed E-state index contributed by atoms with van der Waals surface area (Å²) in [6, 6.07) is 2.94. The van der Waals surface area contributed by atoms with Crippen molar-refractivity contribution in [3.05, 3.63) is 0 Å². The molecule has 0 saturated carbocycles. The van der Waals surface area contributed by atoms with Crippen LogP contribution in [0.2, 0.25) is 18.6 Å². The van der Waals surface area contributed by atoms with Gasteiger partial charge in [-0.1, -0.05) is 32.5 Å². The fourth-order valence-electron chi connectivity index (χ4n) is 0.604. The molecule has 0 N–H and O–H groups in total. The van der Waals surface area contributed by atoms with Crippen LogP contribution in [0, 0.1) is 0 Å². The zero-order chi connectivity index (χ0) is 5.70. The van der Waals surface area contributed by atoms with Crippen LogP contribution in [0.15, 0.2) is 0 Å². The van der Waals surface area contributed by atoms with Crippen molar-refractivity contribution in [3.8, 4) is 0 Å². The normalized spacial score (nSPS) is 10.3. The van der Waals surface area contributed by atoms with E-state index in [-0.39, 0.29) is 8.31 Å². The molecule has 0 spiro atoms. The van der Waals surface area contributed by atoms with Crippen LogP contribution in [-0.2, 0) is 0 Å². The van der Waals surface area contributed by atoms with E-state index < -0.39 is 0 Å². The van der Waals surface area contributed by atoms with E-state index in [1.165, 1.54) is 21.1 Å². The molecule has 0 aromatic carbocycles. The molecule has 2 heteroatoms. The molecule has 0 bridgehead atoms. The van der Waals surface area contributed by atoms with E-state index >= 15 is 0 Å². The minimum atomic E-state index is 0.165. The highest BCUT2D eigenvalue weighted by Crippen LogP contribution is 1.93. The zero-order valence-corrected chi connectivity index (χ0v) is 7.41.